The van der Waals surface area contributed by atoms with E-state index < -0.39 is 0 Å². The lowest BCUT2D eigenvalue weighted by atomic mass is 10.0. The Bertz CT molecular complexity index is 564. The van der Waals surface area contributed by atoms with Gasteiger partial charge in [0, 0.05) is 11.6 Å². The van der Waals surface area contributed by atoms with Crippen molar-refractivity contribution in [1.82, 2.24) is 0 Å². The highest BCUT2D eigenvalue weighted by atomic mass is 35.5. The summed E-state index contributed by atoms with van der Waals surface area (Å²) in [6.07, 6.45) is 2.14. The predicted molar refractivity (Wildman–Crippen MR) is 77.6 cm³/mol. The summed E-state index contributed by atoms with van der Waals surface area (Å²) >= 11 is 12.1. The minimum atomic E-state index is 0.00938. The van der Waals surface area contributed by atoms with Crippen LogP contribution in [0.1, 0.15) is 18.9 Å². The van der Waals surface area contributed by atoms with Gasteiger partial charge in [0.15, 0.2) is 0 Å². The monoisotopic (exact) mass is 280 g/mol. The Morgan fingerprint density at radius 2 is 1.83 bits per heavy atom. The van der Waals surface area contributed by atoms with E-state index in [4.69, 9.17) is 23.2 Å². The number of phenolic OH excluding ortho intramolecular Hbond substituents is 1. The highest BCUT2D eigenvalue weighted by Crippen LogP contribution is 2.36. The molecule has 3 heteroatoms. The molecule has 0 saturated carbocycles. The third-order valence-electron chi connectivity index (χ3n) is 2.81. The summed E-state index contributed by atoms with van der Waals surface area (Å²) in [5.41, 5.74) is 3.14. The Balaban J connectivity index is 2.48. The number of hydrogen-bond donors (Lipinski definition) is 1. The van der Waals surface area contributed by atoms with Gasteiger partial charge in [0.05, 0.1) is 10.0 Å². The summed E-state index contributed by atoms with van der Waals surface area (Å²) < 4.78 is 0. The highest BCUT2D eigenvalue weighted by molar-refractivity contribution is 6.36. The van der Waals surface area contributed by atoms with Crippen LogP contribution >= 0.6 is 23.2 Å². The Labute approximate surface area is 117 Å². The largest absolute Gasteiger partial charge is 0.506 e. The second kappa shape index (κ2) is 5.64. The van der Waals surface area contributed by atoms with Gasteiger partial charge in [0.2, 0.25) is 0 Å². The zero-order chi connectivity index (χ0) is 13.1. The van der Waals surface area contributed by atoms with Crippen molar-refractivity contribution in [1.29, 1.82) is 0 Å². The lowest BCUT2D eigenvalue weighted by molar-refractivity contribution is 0.475. The van der Waals surface area contributed by atoms with Crippen LogP contribution in [-0.4, -0.2) is 5.11 Å². The first kappa shape index (κ1) is 13.3. The van der Waals surface area contributed by atoms with Gasteiger partial charge in [-0.1, -0.05) is 60.8 Å². The van der Waals surface area contributed by atoms with E-state index in [0.29, 0.717) is 10.0 Å². The van der Waals surface area contributed by atoms with Crippen LogP contribution in [0.15, 0.2) is 36.4 Å². The Hall–Kier alpha value is -1.18. The average Bonchev–Trinajstić information content (AvgIpc) is 2.34. The molecule has 0 radical (unpaired) electrons. The summed E-state index contributed by atoms with van der Waals surface area (Å²) in [4.78, 5) is 0. The van der Waals surface area contributed by atoms with Crippen molar-refractivity contribution in [3.05, 3.63) is 52.0 Å². The number of aromatic hydroxyl groups is 1. The van der Waals surface area contributed by atoms with Gasteiger partial charge in [-0.25, -0.2) is 0 Å². The second-order valence-corrected chi connectivity index (χ2v) is 5.05. The van der Waals surface area contributed by atoms with E-state index in [-0.39, 0.29) is 5.75 Å². The van der Waals surface area contributed by atoms with Crippen molar-refractivity contribution in [3.8, 4) is 16.9 Å². The van der Waals surface area contributed by atoms with Crippen molar-refractivity contribution in [2.45, 2.75) is 19.8 Å². The van der Waals surface area contributed by atoms with Crippen molar-refractivity contribution in [3.63, 3.8) is 0 Å². The first-order valence-corrected chi connectivity index (χ1v) is 6.64. The minimum Gasteiger partial charge on any atom is -0.506 e. The van der Waals surface area contributed by atoms with Crippen LogP contribution in [0.4, 0.5) is 0 Å². The maximum Gasteiger partial charge on any atom is 0.135 e. The van der Waals surface area contributed by atoms with Crippen LogP contribution in [0.2, 0.25) is 10.0 Å². The molecule has 0 amide bonds. The molecular formula is C15H14Cl2O. The number of benzene rings is 2. The first-order valence-electron chi connectivity index (χ1n) is 5.89. The van der Waals surface area contributed by atoms with Gasteiger partial charge in [-0.15, -0.1) is 0 Å². The summed E-state index contributed by atoms with van der Waals surface area (Å²) in [5.74, 6) is 0.00938. The third-order valence-corrected chi connectivity index (χ3v) is 3.43. The van der Waals surface area contributed by atoms with Crippen molar-refractivity contribution in [2.75, 3.05) is 0 Å². The zero-order valence-corrected chi connectivity index (χ0v) is 11.6. The summed E-state index contributed by atoms with van der Waals surface area (Å²) in [5, 5.41) is 10.3. The number of aryl methyl sites for hydroxylation is 1. The van der Waals surface area contributed by atoms with Crippen LogP contribution in [0.5, 0.6) is 5.75 Å². The quantitative estimate of drug-likeness (QED) is 0.807. The molecule has 0 spiro atoms. The molecule has 0 aliphatic heterocycles. The normalized spacial score (nSPS) is 10.6. The van der Waals surface area contributed by atoms with Crippen LogP contribution in [-0.2, 0) is 6.42 Å². The van der Waals surface area contributed by atoms with Crippen molar-refractivity contribution >= 4 is 23.2 Å². The molecule has 0 heterocycles. The number of hydrogen-bond acceptors (Lipinski definition) is 1. The molecule has 0 bridgehead atoms. The molecule has 0 aliphatic carbocycles. The Morgan fingerprint density at radius 3 is 2.56 bits per heavy atom. The molecule has 2 aromatic rings. The fraction of sp³-hybridized carbons (Fsp3) is 0.200. The van der Waals surface area contributed by atoms with Crippen LogP contribution < -0.4 is 0 Å². The SMILES string of the molecule is CCCc1cccc(-c2cc(Cl)c(O)cc2Cl)c1. The van der Waals surface area contributed by atoms with E-state index in [0.717, 1.165) is 24.0 Å². The standard InChI is InChI=1S/C15H14Cl2O/c1-2-4-10-5-3-6-11(7-10)12-8-14(17)15(18)9-13(12)16/h3,5-9,18H,2,4H2,1H3. The van der Waals surface area contributed by atoms with Gasteiger partial charge in [-0.3, -0.25) is 0 Å². The molecule has 1 nitrogen and oxygen atoms in total. The lowest BCUT2D eigenvalue weighted by Crippen LogP contribution is -1.86. The van der Waals surface area contributed by atoms with E-state index in [2.05, 4.69) is 19.1 Å². The van der Waals surface area contributed by atoms with E-state index in [1.54, 1.807) is 6.07 Å². The van der Waals surface area contributed by atoms with Crippen molar-refractivity contribution < 1.29 is 5.11 Å². The fourth-order valence-corrected chi connectivity index (χ4v) is 2.37. The van der Waals surface area contributed by atoms with Gasteiger partial charge in [-0.05, 0) is 23.6 Å². The molecule has 2 aromatic carbocycles. The molecule has 0 saturated heterocycles. The van der Waals surface area contributed by atoms with E-state index in [1.165, 1.54) is 11.6 Å². The van der Waals surface area contributed by atoms with Gasteiger partial charge in [0.1, 0.15) is 5.75 Å². The Morgan fingerprint density at radius 1 is 1.06 bits per heavy atom. The van der Waals surface area contributed by atoms with Crippen LogP contribution in [0, 0.1) is 0 Å². The summed E-state index contributed by atoms with van der Waals surface area (Å²) in [6.45, 7) is 2.15. The molecule has 0 fully saturated rings. The molecule has 1 N–H and O–H groups in total. The molecular weight excluding hydrogens is 267 g/mol. The topological polar surface area (TPSA) is 20.2 Å². The molecule has 2 rings (SSSR count). The maximum absolute atomic E-state index is 9.49. The van der Waals surface area contributed by atoms with Crippen LogP contribution in [0.25, 0.3) is 11.1 Å². The summed E-state index contributed by atoms with van der Waals surface area (Å²) in [6, 6.07) is 11.4. The van der Waals surface area contributed by atoms with Gasteiger partial charge in [0.25, 0.3) is 0 Å². The molecule has 0 atom stereocenters. The molecule has 94 valence electrons. The highest BCUT2D eigenvalue weighted by Gasteiger charge is 2.08. The van der Waals surface area contributed by atoms with E-state index in [1.807, 2.05) is 12.1 Å². The number of halogens is 2. The van der Waals surface area contributed by atoms with Gasteiger partial charge >= 0.3 is 0 Å². The minimum absolute atomic E-state index is 0.00938. The smallest absolute Gasteiger partial charge is 0.135 e. The second-order valence-electron chi connectivity index (χ2n) is 4.23. The Kier molecular flexibility index (Phi) is 4.15. The average molecular weight is 281 g/mol. The van der Waals surface area contributed by atoms with Crippen molar-refractivity contribution in [2.24, 2.45) is 0 Å². The lowest BCUT2D eigenvalue weighted by Gasteiger charge is -2.08. The molecule has 0 unspecified atom stereocenters. The molecule has 0 aromatic heterocycles. The van der Waals surface area contributed by atoms with Gasteiger partial charge in [-0.2, -0.15) is 0 Å². The van der Waals surface area contributed by atoms with E-state index >= 15 is 0 Å². The zero-order valence-electron chi connectivity index (χ0n) is 10.1. The van der Waals surface area contributed by atoms with Crippen LogP contribution in [0.3, 0.4) is 0 Å². The predicted octanol–water partition coefficient (Wildman–Crippen LogP) is 5.32. The van der Waals surface area contributed by atoms with E-state index in [9.17, 15) is 5.11 Å². The molecule has 18 heavy (non-hydrogen) atoms. The summed E-state index contributed by atoms with van der Waals surface area (Å²) in [7, 11) is 0. The first-order chi connectivity index (χ1) is 8.61. The number of phenols is 1. The number of rotatable bonds is 3. The fourth-order valence-electron chi connectivity index (χ4n) is 1.94. The molecule has 0 aliphatic rings. The third kappa shape index (κ3) is 2.80. The van der Waals surface area contributed by atoms with Gasteiger partial charge < -0.3 is 5.11 Å². The maximum atomic E-state index is 9.49.